The van der Waals surface area contributed by atoms with Gasteiger partial charge in [-0.3, -0.25) is 14.4 Å². The third kappa shape index (κ3) is 3.11. The van der Waals surface area contributed by atoms with E-state index >= 15 is 0 Å². The van der Waals surface area contributed by atoms with Gasteiger partial charge in [0.25, 0.3) is 0 Å². The molecule has 0 saturated carbocycles. The molecule has 0 aliphatic heterocycles. The van der Waals surface area contributed by atoms with Gasteiger partial charge >= 0.3 is 17.9 Å². The van der Waals surface area contributed by atoms with E-state index in [4.69, 9.17) is 0 Å². The van der Waals surface area contributed by atoms with Crippen molar-refractivity contribution in [3.8, 4) is 0 Å². The quantitative estimate of drug-likeness (QED) is 0.354. The highest BCUT2D eigenvalue weighted by atomic mass is 16.4. The second kappa shape index (κ2) is 8.92. The number of benzene rings is 3. The van der Waals surface area contributed by atoms with Gasteiger partial charge in [-0.25, -0.2) is 4.79 Å². The van der Waals surface area contributed by atoms with Crippen molar-refractivity contribution in [2.24, 2.45) is 0 Å². The highest BCUT2D eigenvalue weighted by molar-refractivity contribution is 6.16. The number of aliphatic hydroxyl groups is 1. The van der Waals surface area contributed by atoms with Crippen molar-refractivity contribution < 1.29 is 39.6 Å². The van der Waals surface area contributed by atoms with E-state index in [-0.39, 0.29) is 16.7 Å². The molecule has 0 heterocycles. The molecular formula is C26H22O8. The Labute approximate surface area is 194 Å². The van der Waals surface area contributed by atoms with Crippen molar-refractivity contribution in [2.45, 2.75) is 23.4 Å². The number of ketones is 1. The Hall–Kier alpha value is -4.30. The van der Waals surface area contributed by atoms with Gasteiger partial charge in [0.2, 0.25) is 5.60 Å². The maximum atomic E-state index is 13.2. The van der Waals surface area contributed by atoms with Crippen molar-refractivity contribution in [2.75, 3.05) is 0 Å². The highest BCUT2D eigenvalue weighted by Gasteiger charge is 2.77. The normalized spacial score (nSPS) is 14.9. The van der Waals surface area contributed by atoms with Crippen LogP contribution in [0.1, 0.15) is 23.6 Å². The van der Waals surface area contributed by atoms with E-state index in [1.165, 1.54) is 78.9 Å². The largest absolute Gasteiger partial charge is 0.480 e. The van der Waals surface area contributed by atoms with Gasteiger partial charge in [-0.05, 0) is 23.6 Å². The fraction of sp³-hybridized carbons (Fsp3) is 0.154. The van der Waals surface area contributed by atoms with Gasteiger partial charge in [0.05, 0.1) is 0 Å². The fourth-order valence-electron chi connectivity index (χ4n) is 4.75. The Morgan fingerprint density at radius 3 is 1.18 bits per heavy atom. The highest BCUT2D eigenvalue weighted by Crippen LogP contribution is 2.53. The molecule has 0 aliphatic rings. The van der Waals surface area contributed by atoms with Crippen LogP contribution in [0, 0.1) is 0 Å². The molecule has 2 unspecified atom stereocenters. The SMILES string of the molecule is CC(=O)C(C(=O)O)(c1ccccc1)C(O)(C(=O)O)C(C(=O)O)(c1ccccc1)c1ccccc1. The van der Waals surface area contributed by atoms with E-state index in [2.05, 4.69) is 0 Å². The number of rotatable bonds is 9. The first kappa shape index (κ1) is 24.3. The summed E-state index contributed by atoms with van der Waals surface area (Å²) in [6, 6.07) is 20.5. The molecule has 0 radical (unpaired) electrons. The van der Waals surface area contributed by atoms with Crippen LogP contribution in [-0.2, 0) is 30.0 Å². The van der Waals surface area contributed by atoms with Crippen LogP contribution in [0.4, 0.5) is 0 Å². The zero-order valence-electron chi connectivity index (χ0n) is 18.1. The molecule has 3 aromatic carbocycles. The summed E-state index contributed by atoms with van der Waals surface area (Å²) in [7, 11) is 0. The molecular weight excluding hydrogens is 440 g/mol. The van der Waals surface area contributed by atoms with E-state index in [0.717, 1.165) is 6.92 Å². The first-order valence-corrected chi connectivity index (χ1v) is 10.2. The predicted octanol–water partition coefficient (Wildman–Crippen LogP) is 2.48. The molecule has 174 valence electrons. The van der Waals surface area contributed by atoms with Crippen LogP contribution in [0.3, 0.4) is 0 Å². The van der Waals surface area contributed by atoms with Crippen LogP contribution in [0.5, 0.6) is 0 Å². The summed E-state index contributed by atoms with van der Waals surface area (Å²) in [5, 5.41) is 43.8. The monoisotopic (exact) mass is 462 g/mol. The summed E-state index contributed by atoms with van der Waals surface area (Å²) in [6.07, 6.45) is 0. The van der Waals surface area contributed by atoms with Gasteiger partial charge in [-0.1, -0.05) is 91.0 Å². The van der Waals surface area contributed by atoms with Gasteiger partial charge in [-0.15, -0.1) is 0 Å². The fourth-order valence-corrected chi connectivity index (χ4v) is 4.75. The Balaban J connectivity index is 2.68. The summed E-state index contributed by atoms with van der Waals surface area (Å²) < 4.78 is 0. The van der Waals surface area contributed by atoms with Gasteiger partial charge in [0.15, 0.2) is 16.6 Å². The van der Waals surface area contributed by atoms with E-state index in [9.17, 15) is 39.6 Å². The average Bonchev–Trinajstić information content (AvgIpc) is 2.81. The molecule has 8 heteroatoms. The molecule has 8 nitrogen and oxygen atoms in total. The van der Waals surface area contributed by atoms with Crippen molar-refractivity contribution in [1.82, 2.24) is 0 Å². The molecule has 0 fully saturated rings. The predicted molar refractivity (Wildman–Crippen MR) is 120 cm³/mol. The van der Waals surface area contributed by atoms with Crippen LogP contribution in [0.2, 0.25) is 0 Å². The van der Waals surface area contributed by atoms with Gasteiger partial charge in [-0.2, -0.15) is 0 Å². The number of carbonyl (C=O) groups is 4. The third-order valence-corrected chi connectivity index (χ3v) is 6.19. The Kier molecular flexibility index (Phi) is 6.38. The standard InChI is InChI=1S/C26H22O8/c1-17(27)24(21(28)29,18-11-5-2-6-12-18)26(34,23(32)33)25(22(30)31,19-13-7-3-8-14-19)20-15-9-4-10-16-20/h2-16,34H,1H3,(H,28,29)(H,30,31)(H,32,33). The molecule has 3 aromatic rings. The minimum absolute atomic E-state index is 0.221. The number of aliphatic carboxylic acids is 3. The summed E-state index contributed by atoms with van der Waals surface area (Å²) in [4.78, 5) is 52.3. The molecule has 0 aromatic heterocycles. The van der Waals surface area contributed by atoms with Crippen LogP contribution in [-0.4, -0.2) is 49.7 Å². The molecule has 0 aliphatic carbocycles. The van der Waals surface area contributed by atoms with Crippen LogP contribution >= 0.6 is 0 Å². The number of carboxylic acid groups (broad SMARTS) is 3. The molecule has 0 bridgehead atoms. The van der Waals surface area contributed by atoms with Gasteiger partial charge in [0, 0.05) is 0 Å². The van der Waals surface area contributed by atoms with E-state index < -0.39 is 40.1 Å². The van der Waals surface area contributed by atoms with Gasteiger partial charge in [0.1, 0.15) is 0 Å². The van der Waals surface area contributed by atoms with Crippen LogP contribution in [0.15, 0.2) is 91.0 Å². The lowest BCUT2D eigenvalue weighted by Crippen LogP contribution is -2.75. The maximum Gasteiger partial charge on any atom is 0.339 e. The molecule has 4 N–H and O–H groups in total. The van der Waals surface area contributed by atoms with Crippen molar-refractivity contribution in [1.29, 1.82) is 0 Å². The smallest absolute Gasteiger partial charge is 0.339 e. The third-order valence-electron chi connectivity index (χ3n) is 6.19. The summed E-state index contributed by atoms with van der Waals surface area (Å²) in [6.45, 7) is 0.817. The van der Waals surface area contributed by atoms with Crippen LogP contribution in [0.25, 0.3) is 0 Å². The van der Waals surface area contributed by atoms with E-state index in [1.807, 2.05) is 0 Å². The molecule has 2 atom stereocenters. The summed E-state index contributed by atoms with van der Waals surface area (Å²) in [5.41, 5.74) is -10.7. The number of hydrogen-bond donors (Lipinski definition) is 4. The Bertz CT molecular complexity index is 1170. The maximum absolute atomic E-state index is 13.2. The molecule has 0 spiro atoms. The minimum atomic E-state index is -3.73. The lowest BCUT2D eigenvalue weighted by molar-refractivity contribution is -0.195. The van der Waals surface area contributed by atoms with Gasteiger partial charge < -0.3 is 20.4 Å². The zero-order valence-corrected chi connectivity index (χ0v) is 18.1. The number of carboxylic acids is 3. The van der Waals surface area contributed by atoms with Crippen molar-refractivity contribution in [3.05, 3.63) is 108 Å². The first-order valence-electron chi connectivity index (χ1n) is 10.2. The lowest BCUT2D eigenvalue weighted by Gasteiger charge is -2.50. The molecule has 0 amide bonds. The topological polar surface area (TPSA) is 149 Å². The van der Waals surface area contributed by atoms with E-state index in [0.29, 0.717) is 0 Å². The lowest BCUT2D eigenvalue weighted by atomic mass is 9.50. The molecule has 3 rings (SSSR count). The molecule has 0 saturated heterocycles. The second-order valence-electron chi connectivity index (χ2n) is 7.78. The Morgan fingerprint density at radius 1 is 0.559 bits per heavy atom. The van der Waals surface area contributed by atoms with Crippen LogP contribution < -0.4 is 0 Å². The number of Topliss-reactive ketones (excluding diaryl/α,β-unsaturated/α-hetero) is 1. The minimum Gasteiger partial charge on any atom is -0.480 e. The number of hydrogen-bond acceptors (Lipinski definition) is 5. The molecule has 34 heavy (non-hydrogen) atoms. The van der Waals surface area contributed by atoms with Crippen molar-refractivity contribution in [3.63, 3.8) is 0 Å². The Morgan fingerprint density at radius 2 is 0.912 bits per heavy atom. The van der Waals surface area contributed by atoms with Crippen molar-refractivity contribution >= 4 is 23.7 Å². The first-order chi connectivity index (χ1) is 16.1. The zero-order chi connectivity index (χ0) is 25.1. The number of carbonyl (C=O) groups excluding carboxylic acids is 1. The average molecular weight is 462 g/mol. The second-order valence-corrected chi connectivity index (χ2v) is 7.78. The summed E-state index contributed by atoms with van der Waals surface area (Å²) >= 11 is 0. The summed E-state index contributed by atoms with van der Waals surface area (Å²) in [5.74, 6) is -7.30. The van der Waals surface area contributed by atoms with E-state index in [1.54, 1.807) is 12.1 Å².